The molecule has 2 rings (SSSR count). The highest BCUT2D eigenvalue weighted by molar-refractivity contribution is 5.64. The second-order valence-corrected chi connectivity index (χ2v) is 2.16. The lowest BCUT2D eigenvalue weighted by atomic mass is 10.3. The Hall–Kier alpha value is -1.02. The van der Waals surface area contributed by atoms with Crippen LogP contribution in [0.1, 0.15) is 17.2 Å². The summed E-state index contributed by atoms with van der Waals surface area (Å²) in [5.41, 5.74) is 7.87. The van der Waals surface area contributed by atoms with Crippen molar-refractivity contribution in [2.24, 2.45) is 0 Å². The molecule has 1 atom stereocenters. The maximum atomic E-state index is 9.02. The van der Waals surface area contributed by atoms with E-state index in [0.717, 1.165) is 11.1 Å². The quantitative estimate of drug-likeness (QED) is 0.489. The molecule has 1 aliphatic rings. The van der Waals surface area contributed by atoms with Crippen LogP contribution in [-0.4, -0.2) is 5.11 Å². The standard InChI is InChI=1S/C7H6NO/c8-5-3-1-2-4-6(5)7(4)9/h1,3,7,9H,8H2. The molecule has 0 heterocycles. The normalized spacial score (nSPS) is 21.2. The van der Waals surface area contributed by atoms with E-state index in [9.17, 15) is 0 Å². The van der Waals surface area contributed by atoms with Crippen LogP contribution in [-0.2, 0) is 0 Å². The lowest BCUT2D eigenvalue weighted by Gasteiger charge is -1.83. The van der Waals surface area contributed by atoms with Gasteiger partial charge >= 0.3 is 0 Å². The molecule has 1 radical (unpaired) electrons. The molecule has 0 aliphatic heterocycles. The molecule has 1 aliphatic carbocycles. The van der Waals surface area contributed by atoms with Crippen LogP contribution < -0.4 is 5.73 Å². The average Bonchev–Trinajstić information content (AvgIpc) is 2.45. The summed E-state index contributed by atoms with van der Waals surface area (Å²) in [6.45, 7) is 0. The lowest BCUT2D eigenvalue weighted by molar-refractivity contribution is 0.267. The molecule has 3 N–H and O–H groups in total. The fourth-order valence-electron chi connectivity index (χ4n) is 0.991. The van der Waals surface area contributed by atoms with E-state index in [4.69, 9.17) is 10.8 Å². The van der Waals surface area contributed by atoms with Crippen molar-refractivity contribution in [3.8, 4) is 0 Å². The Morgan fingerprint density at radius 1 is 1.67 bits per heavy atom. The highest BCUT2D eigenvalue weighted by atomic mass is 16.3. The van der Waals surface area contributed by atoms with E-state index in [-0.39, 0.29) is 0 Å². The summed E-state index contributed by atoms with van der Waals surface area (Å²) in [4.78, 5) is 0. The first-order valence-corrected chi connectivity index (χ1v) is 2.78. The van der Waals surface area contributed by atoms with Crippen LogP contribution in [0.4, 0.5) is 5.69 Å². The lowest BCUT2D eigenvalue weighted by Crippen LogP contribution is -1.82. The molecule has 2 heteroatoms. The summed E-state index contributed by atoms with van der Waals surface area (Å²) in [6, 6.07) is 6.36. The molecule has 0 spiro atoms. The Morgan fingerprint density at radius 3 is 3.00 bits per heavy atom. The first-order valence-electron chi connectivity index (χ1n) is 2.78. The second kappa shape index (κ2) is 1.28. The van der Waals surface area contributed by atoms with Crippen molar-refractivity contribution in [2.75, 3.05) is 5.73 Å². The maximum absolute atomic E-state index is 9.02. The number of hydrogen-bond acceptors (Lipinski definition) is 2. The molecule has 1 unspecified atom stereocenters. The van der Waals surface area contributed by atoms with Gasteiger partial charge in [-0.3, -0.25) is 0 Å². The van der Waals surface area contributed by atoms with Gasteiger partial charge in [0.25, 0.3) is 0 Å². The molecule has 9 heavy (non-hydrogen) atoms. The van der Waals surface area contributed by atoms with Crippen LogP contribution >= 0.6 is 0 Å². The molecule has 2 nitrogen and oxygen atoms in total. The Kier molecular flexibility index (Phi) is 0.684. The van der Waals surface area contributed by atoms with Gasteiger partial charge < -0.3 is 10.8 Å². The van der Waals surface area contributed by atoms with E-state index in [1.54, 1.807) is 12.1 Å². The van der Waals surface area contributed by atoms with Gasteiger partial charge in [0.1, 0.15) is 6.10 Å². The van der Waals surface area contributed by atoms with Crippen molar-refractivity contribution in [3.05, 3.63) is 29.3 Å². The largest absolute Gasteiger partial charge is 0.398 e. The second-order valence-electron chi connectivity index (χ2n) is 2.16. The smallest absolute Gasteiger partial charge is 0.107 e. The third kappa shape index (κ3) is 0.481. The third-order valence-corrected chi connectivity index (χ3v) is 1.57. The number of rotatable bonds is 0. The number of nitrogen functional groups attached to an aromatic ring is 1. The minimum atomic E-state index is -0.417. The van der Waals surface area contributed by atoms with E-state index in [1.165, 1.54) is 0 Å². The minimum Gasteiger partial charge on any atom is -0.398 e. The Morgan fingerprint density at radius 2 is 2.44 bits per heavy atom. The number of nitrogens with two attached hydrogens (primary N) is 1. The number of fused-ring (bicyclic) bond motifs is 1. The Bertz CT molecular complexity index is 257. The summed E-state index contributed by atoms with van der Waals surface area (Å²) in [5.74, 6) is 0. The van der Waals surface area contributed by atoms with Crippen LogP contribution in [0.5, 0.6) is 0 Å². The van der Waals surface area contributed by atoms with Gasteiger partial charge in [-0.05, 0) is 12.1 Å². The predicted molar refractivity (Wildman–Crippen MR) is 33.8 cm³/mol. The van der Waals surface area contributed by atoms with Crippen LogP contribution in [0, 0.1) is 6.07 Å². The van der Waals surface area contributed by atoms with Crippen molar-refractivity contribution in [3.63, 3.8) is 0 Å². The summed E-state index contributed by atoms with van der Waals surface area (Å²) in [7, 11) is 0. The van der Waals surface area contributed by atoms with E-state index >= 15 is 0 Å². The van der Waals surface area contributed by atoms with Gasteiger partial charge in [0.15, 0.2) is 0 Å². The molecule has 0 aromatic heterocycles. The molecule has 0 saturated carbocycles. The van der Waals surface area contributed by atoms with Crippen LogP contribution in [0.2, 0.25) is 0 Å². The first-order chi connectivity index (χ1) is 4.30. The number of aliphatic hydroxyl groups excluding tert-OH is 1. The molecule has 0 bridgehead atoms. The summed E-state index contributed by atoms with van der Waals surface area (Å²) < 4.78 is 0. The minimum absolute atomic E-state index is 0.417. The zero-order valence-electron chi connectivity index (χ0n) is 4.76. The monoisotopic (exact) mass is 120 g/mol. The average molecular weight is 120 g/mol. The van der Waals surface area contributed by atoms with E-state index < -0.39 is 6.10 Å². The molecule has 1 aromatic carbocycles. The topological polar surface area (TPSA) is 46.2 Å². The van der Waals surface area contributed by atoms with Crippen molar-refractivity contribution in [1.82, 2.24) is 0 Å². The van der Waals surface area contributed by atoms with Crippen molar-refractivity contribution in [2.45, 2.75) is 6.10 Å². The summed E-state index contributed by atoms with van der Waals surface area (Å²) >= 11 is 0. The zero-order valence-corrected chi connectivity index (χ0v) is 4.76. The zero-order chi connectivity index (χ0) is 6.43. The van der Waals surface area contributed by atoms with E-state index in [1.807, 2.05) is 0 Å². The van der Waals surface area contributed by atoms with Crippen LogP contribution in [0.15, 0.2) is 12.1 Å². The number of hydrogen-bond donors (Lipinski definition) is 2. The van der Waals surface area contributed by atoms with Crippen molar-refractivity contribution >= 4 is 5.69 Å². The molecule has 45 valence electrons. The van der Waals surface area contributed by atoms with Gasteiger partial charge in [-0.1, -0.05) is 6.07 Å². The van der Waals surface area contributed by atoms with Gasteiger partial charge in [0.05, 0.1) is 0 Å². The van der Waals surface area contributed by atoms with Gasteiger partial charge in [-0.25, -0.2) is 0 Å². The maximum Gasteiger partial charge on any atom is 0.107 e. The van der Waals surface area contributed by atoms with Crippen molar-refractivity contribution in [1.29, 1.82) is 0 Å². The third-order valence-electron chi connectivity index (χ3n) is 1.57. The molecule has 0 amide bonds. The van der Waals surface area contributed by atoms with Gasteiger partial charge in [-0.2, -0.15) is 0 Å². The fraction of sp³-hybridized carbons (Fsp3) is 0.143. The van der Waals surface area contributed by atoms with E-state index in [0.29, 0.717) is 5.69 Å². The fourth-order valence-corrected chi connectivity index (χ4v) is 0.991. The number of benzene rings is 1. The summed E-state index contributed by atoms with van der Waals surface area (Å²) in [5, 5.41) is 9.02. The van der Waals surface area contributed by atoms with Crippen molar-refractivity contribution < 1.29 is 5.11 Å². The van der Waals surface area contributed by atoms with Crippen LogP contribution in [0.3, 0.4) is 0 Å². The predicted octanol–water partition coefficient (Wildman–Crippen LogP) is 0.464. The SMILES string of the molecule is Nc1cc[c]c2c1C2O. The highest BCUT2D eigenvalue weighted by Crippen LogP contribution is 2.43. The molecular weight excluding hydrogens is 114 g/mol. The van der Waals surface area contributed by atoms with Gasteiger partial charge in [-0.15, -0.1) is 0 Å². The highest BCUT2D eigenvalue weighted by Gasteiger charge is 2.32. The molecule has 1 aromatic rings. The number of aliphatic hydroxyl groups is 1. The molecular formula is C7H6NO. The van der Waals surface area contributed by atoms with E-state index in [2.05, 4.69) is 6.07 Å². The Balaban J connectivity index is 2.61. The van der Waals surface area contributed by atoms with Gasteiger partial charge in [0.2, 0.25) is 0 Å². The van der Waals surface area contributed by atoms with Gasteiger partial charge in [0, 0.05) is 16.8 Å². The summed E-state index contributed by atoms with van der Waals surface area (Å²) in [6.07, 6.45) is -0.417. The Labute approximate surface area is 52.9 Å². The number of anilines is 1. The molecule has 0 fully saturated rings. The van der Waals surface area contributed by atoms with Crippen LogP contribution in [0.25, 0.3) is 0 Å². The molecule has 0 saturated heterocycles. The first kappa shape index (κ1) is 4.82.